The van der Waals surface area contributed by atoms with Gasteiger partial charge in [-0.1, -0.05) is 0 Å². The first-order valence-corrected chi connectivity index (χ1v) is 6.07. The predicted molar refractivity (Wildman–Crippen MR) is 66.4 cm³/mol. The Balaban J connectivity index is 3.95. The van der Waals surface area contributed by atoms with Gasteiger partial charge in [-0.2, -0.15) is 0 Å². The van der Waals surface area contributed by atoms with E-state index in [1.165, 1.54) is 0 Å². The lowest BCUT2D eigenvalue weighted by Crippen LogP contribution is -2.39. The molecule has 1 amide bonds. The number of hydrogen-bond donors (Lipinski definition) is 1. The molecule has 0 aromatic carbocycles. The van der Waals surface area contributed by atoms with Crippen LogP contribution in [0.5, 0.6) is 0 Å². The molecule has 6 nitrogen and oxygen atoms in total. The fraction of sp³-hybridized carbons (Fsp3) is 0.833. The van der Waals surface area contributed by atoms with Crippen LogP contribution in [-0.4, -0.2) is 61.4 Å². The second kappa shape index (κ2) is 9.85. The maximum atomic E-state index is 11.9. The topological polar surface area (TPSA) is 76.1 Å². The Morgan fingerprint density at radius 2 is 1.83 bits per heavy atom. The highest BCUT2D eigenvalue weighted by atomic mass is 16.5. The molecule has 0 aromatic heterocycles. The molecule has 0 radical (unpaired) electrons. The van der Waals surface area contributed by atoms with Crippen molar-refractivity contribution in [2.75, 3.05) is 33.5 Å². The van der Waals surface area contributed by atoms with Gasteiger partial charge in [0.25, 0.3) is 0 Å². The van der Waals surface area contributed by atoms with Gasteiger partial charge >= 0.3 is 5.97 Å². The molecule has 0 spiro atoms. The van der Waals surface area contributed by atoms with Crippen molar-refractivity contribution < 1.29 is 24.2 Å². The summed E-state index contributed by atoms with van der Waals surface area (Å²) < 4.78 is 10.0. The number of carboxylic acid groups (broad SMARTS) is 1. The molecule has 0 heterocycles. The van der Waals surface area contributed by atoms with E-state index in [0.29, 0.717) is 19.8 Å². The lowest BCUT2D eigenvalue weighted by molar-refractivity contribution is -0.139. The second-order valence-electron chi connectivity index (χ2n) is 4.18. The quantitative estimate of drug-likeness (QED) is 0.587. The van der Waals surface area contributed by atoms with Crippen LogP contribution >= 0.6 is 0 Å². The fourth-order valence-corrected chi connectivity index (χ4v) is 1.43. The van der Waals surface area contributed by atoms with Crippen molar-refractivity contribution >= 4 is 11.9 Å². The molecule has 0 rings (SSSR count). The molecule has 0 bridgehead atoms. The van der Waals surface area contributed by atoms with Crippen molar-refractivity contribution in [2.45, 2.75) is 32.7 Å². The molecule has 0 atom stereocenters. The Hall–Kier alpha value is -1.14. The van der Waals surface area contributed by atoms with Crippen molar-refractivity contribution in [3.05, 3.63) is 0 Å². The van der Waals surface area contributed by atoms with Crippen molar-refractivity contribution in [3.8, 4) is 0 Å². The predicted octanol–water partition coefficient (Wildman–Crippen LogP) is 0.751. The normalized spacial score (nSPS) is 10.7. The van der Waals surface area contributed by atoms with Crippen LogP contribution in [0.2, 0.25) is 0 Å². The molecule has 0 saturated carbocycles. The summed E-state index contributed by atoms with van der Waals surface area (Å²) in [5.74, 6) is -0.978. The Bertz CT molecular complexity index is 255. The summed E-state index contributed by atoms with van der Waals surface area (Å²) in [5.41, 5.74) is 0. The molecule has 106 valence electrons. The zero-order chi connectivity index (χ0) is 14.0. The largest absolute Gasteiger partial charge is 0.481 e. The molecule has 18 heavy (non-hydrogen) atoms. The van der Waals surface area contributed by atoms with E-state index in [1.807, 2.05) is 13.8 Å². The summed E-state index contributed by atoms with van der Waals surface area (Å²) in [5, 5.41) is 8.62. The van der Waals surface area contributed by atoms with Crippen LogP contribution in [0.25, 0.3) is 0 Å². The van der Waals surface area contributed by atoms with E-state index in [0.717, 1.165) is 0 Å². The van der Waals surface area contributed by atoms with Gasteiger partial charge < -0.3 is 19.5 Å². The summed E-state index contributed by atoms with van der Waals surface area (Å²) in [6.45, 7) is 5.27. The van der Waals surface area contributed by atoms with E-state index in [-0.39, 0.29) is 31.3 Å². The minimum absolute atomic E-state index is 0.00387. The van der Waals surface area contributed by atoms with E-state index < -0.39 is 5.97 Å². The number of amides is 1. The van der Waals surface area contributed by atoms with E-state index >= 15 is 0 Å². The molecular formula is C12H23NO5. The molecule has 1 N–H and O–H groups in total. The van der Waals surface area contributed by atoms with Crippen LogP contribution in [0.4, 0.5) is 0 Å². The number of carbonyl (C=O) groups is 2. The number of aliphatic carboxylic acids is 1. The number of ether oxygens (including phenoxy) is 2. The highest BCUT2D eigenvalue weighted by Gasteiger charge is 2.17. The average Bonchev–Trinajstić information content (AvgIpc) is 2.28. The van der Waals surface area contributed by atoms with E-state index in [9.17, 15) is 9.59 Å². The van der Waals surface area contributed by atoms with Gasteiger partial charge in [-0.25, -0.2) is 0 Å². The van der Waals surface area contributed by atoms with Crippen LogP contribution in [0.15, 0.2) is 0 Å². The Kier molecular flexibility index (Phi) is 9.22. The number of carbonyl (C=O) groups excluding carboxylic acids is 1. The summed E-state index contributed by atoms with van der Waals surface area (Å²) in [6.07, 6.45) is 0.232. The Labute approximate surface area is 108 Å². The minimum atomic E-state index is -0.898. The van der Waals surface area contributed by atoms with Gasteiger partial charge in [-0.05, 0) is 13.8 Å². The third kappa shape index (κ3) is 8.03. The van der Waals surface area contributed by atoms with Crippen LogP contribution in [-0.2, 0) is 19.1 Å². The highest BCUT2D eigenvalue weighted by Crippen LogP contribution is 2.03. The first-order valence-electron chi connectivity index (χ1n) is 6.07. The van der Waals surface area contributed by atoms with Gasteiger partial charge in [-0.15, -0.1) is 0 Å². The Morgan fingerprint density at radius 1 is 1.17 bits per heavy atom. The monoisotopic (exact) mass is 261 g/mol. The van der Waals surface area contributed by atoms with Gasteiger partial charge in [0.1, 0.15) is 0 Å². The third-order valence-electron chi connectivity index (χ3n) is 2.40. The van der Waals surface area contributed by atoms with E-state index in [4.69, 9.17) is 14.6 Å². The smallest absolute Gasteiger partial charge is 0.305 e. The third-order valence-corrected chi connectivity index (χ3v) is 2.40. The van der Waals surface area contributed by atoms with Gasteiger partial charge in [0.15, 0.2) is 0 Å². The maximum absolute atomic E-state index is 11.9. The first kappa shape index (κ1) is 16.9. The summed E-state index contributed by atoms with van der Waals surface area (Å²) >= 11 is 0. The number of carboxylic acids is 1. The first-order chi connectivity index (χ1) is 8.49. The lowest BCUT2D eigenvalue weighted by Gasteiger charge is -2.26. The highest BCUT2D eigenvalue weighted by molar-refractivity contribution is 5.77. The van der Waals surface area contributed by atoms with Crippen molar-refractivity contribution in [1.29, 1.82) is 0 Å². The van der Waals surface area contributed by atoms with Crippen LogP contribution in [0.3, 0.4) is 0 Å². The summed E-state index contributed by atoms with van der Waals surface area (Å²) in [6, 6.07) is -0.00387. The average molecular weight is 261 g/mol. The Morgan fingerprint density at radius 3 is 2.33 bits per heavy atom. The number of nitrogens with zero attached hydrogens (tertiary/aromatic N) is 1. The van der Waals surface area contributed by atoms with Crippen LogP contribution in [0.1, 0.15) is 26.7 Å². The van der Waals surface area contributed by atoms with Gasteiger partial charge in [-0.3, -0.25) is 9.59 Å². The van der Waals surface area contributed by atoms with E-state index in [2.05, 4.69) is 0 Å². The molecule has 0 aliphatic rings. The summed E-state index contributed by atoms with van der Waals surface area (Å²) in [4.78, 5) is 23.9. The number of rotatable bonds is 10. The standard InChI is InChI=1S/C12H23NO5/c1-10(2)13(6-4-12(15)16)11(14)5-7-18-9-8-17-3/h10H,4-9H2,1-3H3,(H,15,16). The second-order valence-corrected chi connectivity index (χ2v) is 4.18. The van der Waals surface area contributed by atoms with Gasteiger partial charge in [0.05, 0.1) is 32.7 Å². The summed E-state index contributed by atoms with van der Waals surface area (Å²) in [7, 11) is 1.58. The molecule has 0 aromatic rings. The van der Waals surface area contributed by atoms with Crippen molar-refractivity contribution in [1.82, 2.24) is 4.90 Å². The molecule has 0 saturated heterocycles. The van der Waals surface area contributed by atoms with Gasteiger partial charge in [0.2, 0.25) is 5.91 Å². The van der Waals surface area contributed by atoms with Gasteiger partial charge in [0, 0.05) is 19.7 Å². The number of methoxy groups -OCH3 is 1. The molecular weight excluding hydrogens is 238 g/mol. The van der Waals surface area contributed by atoms with Crippen molar-refractivity contribution in [2.24, 2.45) is 0 Å². The van der Waals surface area contributed by atoms with E-state index in [1.54, 1.807) is 12.0 Å². The fourth-order valence-electron chi connectivity index (χ4n) is 1.43. The minimum Gasteiger partial charge on any atom is -0.481 e. The molecule has 0 unspecified atom stereocenters. The number of hydrogen-bond acceptors (Lipinski definition) is 4. The molecule has 0 fully saturated rings. The zero-order valence-corrected chi connectivity index (χ0v) is 11.3. The van der Waals surface area contributed by atoms with Crippen LogP contribution in [0, 0.1) is 0 Å². The maximum Gasteiger partial charge on any atom is 0.305 e. The molecule has 0 aliphatic carbocycles. The zero-order valence-electron chi connectivity index (χ0n) is 11.3. The lowest BCUT2D eigenvalue weighted by atomic mass is 10.2. The van der Waals surface area contributed by atoms with Crippen LogP contribution < -0.4 is 0 Å². The van der Waals surface area contributed by atoms with Crippen molar-refractivity contribution in [3.63, 3.8) is 0 Å². The SMILES string of the molecule is COCCOCCC(=O)N(CCC(=O)O)C(C)C. The molecule has 6 heteroatoms. The molecule has 0 aliphatic heterocycles.